The number of likely N-dealkylation sites (tertiary alicyclic amines) is 2. The molecule has 130 valence electrons. The Morgan fingerprint density at radius 1 is 1.21 bits per heavy atom. The number of nitrogens with zero attached hydrogens (tertiary/aromatic N) is 3. The molecule has 0 bridgehead atoms. The van der Waals surface area contributed by atoms with Crippen LogP contribution in [0, 0.1) is 5.41 Å². The van der Waals surface area contributed by atoms with Gasteiger partial charge in [0.15, 0.2) is 0 Å². The highest BCUT2D eigenvalue weighted by Gasteiger charge is 2.47. The van der Waals surface area contributed by atoms with Gasteiger partial charge in [0.2, 0.25) is 11.8 Å². The van der Waals surface area contributed by atoms with Gasteiger partial charge in [0.05, 0.1) is 11.2 Å². The molecule has 1 atom stereocenters. The van der Waals surface area contributed by atoms with Gasteiger partial charge in [-0.2, -0.15) is 11.8 Å². The summed E-state index contributed by atoms with van der Waals surface area (Å²) in [6, 6.07) is 3.93. The number of carbonyl (C=O) groups is 2. The highest BCUT2D eigenvalue weighted by Crippen LogP contribution is 2.42. The van der Waals surface area contributed by atoms with Crippen molar-refractivity contribution in [3.05, 3.63) is 30.1 Å². The summed E-state index contributed by atoms with van der Waals surface area (Å²) in [4.78, 5) is 33.2. The predicted molar refractivity (Wildman–Crippen MR) is 95.5 cm³/mol. The average molecular weight is 347 g/mol. The fourth-order valence-corrected chi connectivity index (χ4v) is 4.30. The van der Waals surface area contributed by atoms with Crippen LogP contribution in [0.2, 0.25) is 0 Å². The molecule has 1 aromatic heterocycles. The van der Waals surface area contributed by atoms with Gasteiger partial charge < -0.3 is 9.80 Å². The van der Waals surface area contributed by atoms with Crippen LogP contribution >= 0.6 is 11.8 Å². The highest BCUT2D eigenvalue weighted by atomic mass is 32.2. The standard InChI is InChI=1S/C18H25N3O2S/c1-24-14-16(22)20-10-2-5-18(6-11-20)7-12-21(17(18)23)13-15-3-8-19-9-4-15/h3-4,8-9H,2,5-7,10-14H2,1H3/t18-/m1/s1. The SMILES string of the molecule is CSCC(=O)N1CCC[C@@]2(CC1)CCN(Cc1ccncc1)C2=O. The molecular weight excluding hydrogens is 322 g/mol. The maximum Gasteiger partial charge on any atom is 0.232 e. The number of thioether (sulfide) groups is 1. The Hall–Kier alpha value is -1.56. The van der Waals surface area contributed by atoms with Gasteiger partial charge in [-0.3, -0.25) is 14.6 Å². The number of aromatic nitrogens is 1. The van der Waals surface area contributed by atoms with Gasteiger partial charge in [0.1, 0.15) is 0 Å². The molecule has 0 saturated carbocycles. The zero-order valence-corrected chi connectivity index (χ0v) is 15.1. The Morgan fingerprint density at radius 2 is 1.96 bits per heavy atom. The van der Waals surface area contributed by atoms with Crippen LogP contribution in [0.4, 0.5) is 0 Å². The normalized spacial score (nSPS) is 24.5. The van der Waals surface area contributed by atoms with Crippen molar-refractivity contribution in [2.75, 3.05) is 31.6 Å². The quantitative estimate of drug-likeness (QED) is 0.838. The molecule has 3 rings (SSSR count). The maximum absolute atomic E-state index is 13.0. The first-order valence-electron chi connectivity index (χ1n) is 8.60. The van der Waals surface area contributed by atoms with E-state index in [1.54, 1.807) is 24.2 Å². The first-order chi connectivity index (χ1) is 11.6. The van der Waals surface area contributed by atoms with Crippen LogP contribution in [0.5, 0.6) is 0 Å². The molecular formula is C18H25N3O2S. The highest BCUT2D eigenvalue weighted by molar-refractivity contribution is 7.99. The Kier molecular flexibility index (Phi) is 5.43. The number of hydrogen-bond donors (Lipinski definition) is 0. The van der Waals surface area contributed by atoms with Gasteiger partial charge in [-0.05, 0) is 49.6 Å². The molecule has 2 fully saturated rings. The van der Waals surface area contributed by atoms with Gasteiger partial charge in [-0.25, -0.2) is 0 Å². The number of hydrogen-bond acceptors (Lipinski definition) is 4. The van der Waals surface area contributed by atoms with Crippen molar-refractivity contribution in [1.29, 1.82) is 0 Å². The van der Waals surface area contributed by atoms with Crippen LogP contribution in [-0.2, 0) is 16.1 Å². The molecule has 6 heteroatoms. The van der Waals surface area contributed by atoms with E-state index in [1.807, 2.05) is 28.2 Å². The van der Waals surface area contributed by atoms with Crippen molar-refractivity contribution in [2.24, 2.45) is 5.41 Å². The van der Waals surface area contributed by atoms with Gasteiger partial charge in [-0.15, -0.1) is 0 Å². The molecule has 2 saturated heterocycles. The molecule has 1 spiro atoms. The molecule has 2 aliphatic rings. The zero-order chi connectivity index (χ0) is 17.0. The molecule has 0 aliphatic carbocycles. The first kappa shape index (κ1) is 17.3. The van der Waals surface area contributed by atoms with E-state index < -0.39 is 0 Å². The van der Waals surface area contributed by atoms with Crippen molar-refractivity contribution >= 4 is 23.6 Å². The molecule has 3 heterocycles. The van der Waals surface area contributed by atoms with E-state index in [-0.39, 0.29) is 17.2 Å². The minimum atomic E-state index is -0.249. The minimum absolute atomic E-state index is 0.207. The van der Waals surface area contributed by atoms with Crippen molar-refractivity contribution < 1.29 is 9.59 Å². The number of pyridine rings is 1. The lowest BCUT2D eigenvalue weighted by Crippen LogP contribution is -2.37. The molecule has 0 radical (unpaired) electrons. The number of amides is 2. The largest absolute Gasteiger partial charge is 0.342 e. The fraction of sp³-hybridized carbons (Fsp3) is 0.611. The van der Waals surface area contributed by atoms with Crippen LogP contribution in [0.1, 0.15) is 31.2 Å². The molecule has 0 aromatic carbocycles. The Bertz CT molecular complexity index is 595. The van der Waals surface area contributed by atoms with E-state index >= 15 is 0 Å². The van der Waals surface area contributed by atoms with Crippen LogP contribution in [0.25, 0.3) is 0 Å². The average Bonchev–Trinajstić information content (AvgIpc) is 2.77. The number of carbonyl (C=O) groups excluding carboxylic acids is 2. The molecule has 0 unspecified atom stereocenters. The topological polar surface area (TPSA) is 53.5 Å². The third-order valence-electron chi connectivity index (χ3n) is 5.29. The molecule has 1 aromatic rings. The second-order valence-corrected chi connectivity index (χ2v) is 7.65. The maximum atomic E-state index is 13.0. The fourth-order valence-electron chi connectivity index (χ4n) is 3.87. The van der Waals surface area contributed by atoms with Crippen LogP contribution in [0.15, 0.2) is 24.5 Å². The summed E-state index contributed by atoms with van der Waals surface area (Å²) >= 11 is 1.56. The van der Waals surface area contributed by atoms with Crippen LogP contribution < -0.4 is 0 Å². The van der Waals surface area contributed by atoms with Gasteiger partial charge in [0, 0.05) is 38.6 Å². The van der Waals surface area contributed by atoms with E-state index in [2.05, 4.69) is 4.98 Å². The lowest BCUT2D eigenvalue weighted by atomic mass is 9.79. The van der Waals surface area contributed by atoms with Crippen molar-refractivity contribution in [3.63, 3.8) is 0 Å². The van der Waals surface area contributed by atoms with Crippen LogP contribution in [-0.4, -0.2) is 58.2 Å². The third kappa shape index (κ3) is 3.58. The second kappa shape index (κ2) is 7.55. The number of rotatable bonds is 4. The predicted octanol–water partition coefficient (Wildman–Crippen LogP) is 2.18. The Labute approximate surface area is 147 Å². The zero-order valence-electron chi connectivity index (χ0n) is 14.2. The molecule has 2 aliphatic heterocycles. The monoisotopic (exact) mass is 347 g/mol. The molecule has 0 N–H and O–H groups in total. The van der Waals surface area contributed by atoms with Crippen molar-refractivity contribution in [2.45, 2.75) is 32.2 Å². The summed E-state index contributed by atoms with van der Waals surface area (Å²) in [7, 11) is 0. The lowest BCUT2D eigenvalue weighted by molar-refractivity contribution is -0.137. The Balaban J connectivity index is 1.64. The van der Waals surface area contributed by atoms with Crippen LogP contribution in [0.3, 0.4) is 0 Å². The van der Waals surface area contributed by atoms with E-state index in [1.165, 1.54) is 0 Å². The van der Waals surface area contributed by atoms with E-state index in [0.29, 0.717) is 18.8 Å². The summed E-state index contributed by atoms with van der Waals surface area (Å²) in [6.07, 6.45) is 9.05. The van der Waals surface area contributed by atoms with E-state index in [9.17, 15) is 9.59 Å². The first-order valence-corrected chi connectivity index (χ1v) is 9.99. The third-order valence-corrected chi connectivity index (χ3v) is 5.82. The summed E-state index contributed by atoms with van der Waals surface area (Å²) in [6.45, 7) is 2.99. The van der Waals surface area contributed by atoms with Gasteiger partial charge >= 0.3 is 0 Å². The van der Waals surface area contributed by atoms with Crippen molar-refractivity contribution in [3.8, 4) is 0 Å². The van der Waals surface area contributed by atoms with E-state index in [4.69, 9.17) is 0 Å². The molecule has 2 amide bonds. The smallest absolute Gasteiger partial charge is 0.232 e. The Morgan fingerprint density at radius 3 is 2.71 bits per heavy atom. The molecule has 24 heavy (non-hydrogen) atoms. The van der Waals surface area contributed by atoms with Crippen molar-refractivity contribution in [1.82, 2.24) is 14.8 Å². The van der Waals surface area contributed by atoms with Gasteiger partial charge in [0.25, 0.3) is 0 Å². The summed E-state index contributed by atoms with van der Waals surface area (Å²) in [5.74, 6) is 1.02. The minimum Gasteiger partial charge on any atom is -0.342 e. The van der Waals surface area contributed by atoms with E-state index in [0.717, 1.165) is 44.3 Å². The summed E-state index contributed by atoms with van der Waals surface area (Å²) in [5, 5.41) is 0. The van der Waals surface area contributed by atoms with Gasteiger partial charge in [-0.1, -0.05) is 0 Å². The summed E-state index contributed by atoms with van der Waals surface area (Å²) in [5.41, 5.74) is 0.877. The summed E-state index contributed by atoms with van der Waals surface area (Å²) < 4.78 is 0. The molecule has 5 nitrogen and oxygen atoms in total. The lowest BCUT2D eigenvalue weighted by Gasteiger charge is -2.27. The second-order valence-electron chi connectivity index (χ2n) is 6.78.